The molecule has 0 atom stereocenters. The van der Waals surface area contributed by atoms with Crippen LogP contribution in [0.3, 0.4) is 0 Å². The second kappa shape index (κ2) is 5.71. The number of nitrogens with zero attached hydrogens (tertiary/aromatic N) is 1. The van der Waals surface area contributed by atoms with Crippen molar-refractivity contribution in [3.05, 3.63) is 22.5 Å². The van der Waals surface area contributed by atoms with E-state index in [9.17, 15) is 14.7 Å². The monoisotopic (exact) mass is 305 g/mol. The standard InChI is InChI=1S/C17H23NO4/c1-6-22-16(21)13-14(9(2)3)18-10-7-17(4,5)8-11(19)12(10)15(13)20/h9H,6-8H2,1-5H3,(H,18,20). The summed E-state index contributed by atoms with van der Waals surface area (Å²) in [5.41, 5.74) is 1.09. The number of fused-ring (bicyclic) bond motifs is 1. The highest BCUT2D eigenvalue weighted by Crippen LogP contribution is 2.40. The molecule has 0 aliphatic heterocycles. The van der Waals surface area contributed by atoms with Gasteiger partial charge in [0.2, 0.25) is 0 Å². The maximum absolute atomic E-state index is 12.4. The zero-order valence-electron chi connectivity index (χ0n) is 13.8. The van der Waals surface area contributed by atoms with Crippen LogP contribution in [0.5, 0.6) is 5.75 Å². The van der Waals surface area contributed by atoms with Crippen molar-refractivity contribution in [1.29, 1.82) is 0 Å². The van der Waals surface area contributed by atoms with Crippen molar-refractivity contribution in [1.82, 2.24) is 4.98 Å². The molecule has 120 valence electrons. The van der Waals surface area contributed by atoms with Crippen molar-refractivity contribution in [2.24, 2.45) is 5.41 Å². The number of ether oxygens (including phenoxy) is 1. The highest BCUT2D eigenvalue weighted by Gasteiger charge is 2.37. The molecule has 0 aromatic carbocycles. The second-order valence-electron chi connectivity index (χ2n) is 6.86. The van der Waals surface area contributed by atoms with Crippen LogP contribution in [0.4, 0.5) is 0 Å². The van der Waals surface area contributed by atoms with Crippen LogP contribution in [0.25, 0.3) is 0 Å². The minimum absolute atomic E-state index is 0.0312. The number of aromatic nitrogens is 1. The predicted octanol–water partition coefficient (Wildman–Crippen LogP) is 3.24. The molecular weight excluding hydrogens is 282 g/mol. The fourth-order valence-corrected chi connectivity index (χ4v) is 2.92. The molecule has 1 aliphatic carbocycles. The van der Waals surface area contributed by atoms with E-state index in [4.69, 9.17) is 4.74 Å². The van der Waals surface area contributed by atoms with Crippen LogP contribution < -0.4 is 0 Å². The molecule has 0 saturated carbocycles. The number of esters is 1. The SMILES string of the molecule is CCOC(=O)c1c(C(C)C)nc2c(c1O)C(=O)CC(C)(C)C2. The lowest BCUT2D eigenvalue weighted by Gasteiger charge is -2.31. The molecule has 0 saturated heterocycles. The zero-order valence-corrected chi connectivity index (χ0v) is 13.8. The fourth-order valence-electron chi connectivity index (χ4n) is 2.92. The first-order valence-electron chi connectivity index (χ1n) is 7.64. The summed E-state index contributed by atoms with van der Waals surface area (Å²) in [4.78, 5) is 29.1. The lowest BCUT2D eigenvalue weighted by Crippen LogP contribution is -2.29. The maximum atomic E-state index is 12.4. The van der Waals surface area contributed by atoms with E-state index in [0.29, 0.717) is 24.2 Å². The Hall–Kier alpha value is -1.91. The van der Waals surface area contributed by atoms with E-state index in [-0.39, 0.29) is 40.6 Å². The summed E-state index contributed by atoms with van der Waals surface area (Å²) in [6.07, 6.45) is 0.934. The Morgan fingerprint density at radius 3 is 2.55 bits per heavy atom. The van der Waals surface area contributed by atoms with E-state index >= 15 is 0 Å². The molecule has 1 aromatic rings. The molecule has 22 heavy (non-hydrogen) atoms. The van der Waals surface area contributed by atoms with Crippen LogP contribution in [0.2, 0.25) is 0 Å². The first kappa shape index (κ1) is 16.5. The molecule has 1 aliphatic rings. The average molecular weight is 305 g/mol. The van der Waals surface area contributed by atoms with E-state index in [1.807, 2.05) is 27.7 Å². The van der Waals surface area contributed by atoms with Gasteiger partial charge in [0.25, 0.3) is 0 Å². The lowest BCUT2D eigenvalue weighted by atomic mass is 9.74. The van der Waals surface area contributed by atoms with E-state index in [2.05, 4.69) is 4.98 Å². The zero-order chi connectivity index (χ0) is 16.7. The van der Waals surface area contributed by atoms with Gasteiger partial charge in [-0.1, -0.05) is 27.7 Å². The molecule has 0 spiro atoms. The Morgan fingerprint density at radius 1 is 1.36 bits per heavy atom. The molecule has 0 bridgehead atoms. The largest absolute Gasteiger partial charge is 0.506 e. The van der Waals surface area contributed by atoms with Crippen LogP contribution in [0, 0.1) is 5.41 Å². The minimum Gasteiger partial charge on any atom is -0.506 e. The number of hydrogen-bond acceptors (Lipinski definition) is 5. The Balaban J connectivity index is 2.69. The van der Waals surface area contributed by atoms with Crippen LogP contribution in [0.15, 0.2) is 0 Å². The quantitative estimate of drug-likeness (QED) is 0.867. The van der Waals surface area contributed by atoms with Crippen molar-refractivity contribution in [3.8, 4) is 5.75 Å². The third-order valence-electron chi connectivity index (χ3n) is 3.86. The van der Waals surface area contributed by atoms with Crippen molar-refractivity contribution in [2.75, 3.05) is 6.61 Å². The average Bonchev–Trinajstić information content (AvgIpc) is 2.35. The normalized spacial score (nSPS) is 16.5. The van der Waals surface area contributed by atoms with Crippen LogP contribution in [0.1, 0.15) is 79.1 Å². The van der Waals surface area contributed by atoms with Gasteiger partial charge in [-0.25, -0.2) is 4.79 Å². The number of Topliss-reactive ketones (excluding diaryl/α,β-unsaturated/α-hetero) is 1. The van der Waals surface area contributed by atoms with Gasteiger partial charge in [-0.3, -0.25) is 9.78 Å². The number of carbonyl (C=O) groups excluding carboxylic acids is 2. The number of carbonyl (C=O) groups is 2. The van der Waals surface area contributed by atoms with Gasteiger partial charge in [-0.2, -0.15) is 0 Å². The van der Waals surface area contributed by atoms with Gasteiger partial charge in [0.1, 0.15) is 11.3 Å². The second-order valence-corrected chi connectivity index (χ2v) is 6.86. The number of rotatable bonds is 3. The Morgan fingerprint density at radius 2 is 2.00 bits per heavy atom. The first-order valence-corrected chi connectivity index (χ1v) is 7.64. The molecule has 5 heteroatoms. The summed E-state index contributed by atoms with van der Waals surface area (Å²) in [6.45, 7) is 9.69. The van der Waals surface area contributed by atoms with Crippen LogP contribution in [-0.2, 0) is 11.2 Å². The molecular formula is C17H23NO4. The van der Waals surface area contributed by atoms with Crippen molar-refractivity contribution in [2.45, 2.75) is 53.4 Å². The molecule has 1 aromatic heterocycles. The molecule has 5 nitrogen and oxygen atoms in total. The molecule has 0 amide bonds. The van der Waals surface area contributed by atoms with Gasteiger partial charge >= 0.3 is 5.97 Å². The number of aromatic hydroxyl groups is 1. The summed E-state index contributed by atoms with van der Waals surface area (Å²) in [7, 11) is 0. The Bertz CT molecular complexity index is 632. The number of pyridine rings is 1. The Labute approximate surface area is 130 Å². The molecule has 0 fully saturated rings. The van der Waals surface area contributed by atoms with E-state index in [1.54, 1.807) is 6.92 Å². The first-order chi connectivity index (χ1) is 10.2. The Kier molecular flexibility index (Phi) is 4.27. The summed E-state index contributed by atoms with van der Waals surface area (Å²) in [5.74, 6) is -1.13. The number of hydrogen-bond donors (Lipinski definition) is 1. The van der Waals surface area contributed by atoms with E-state index in [0.717, 1.165) is 0 Å². The third-order valence-corrected chi connectivity index (χ3v) is 3.86. The molecule has 0 unspecified atom stereocenters. The summed E-state index contributed by atoms with van der Waals surface area (Å²) >= 11 is 0. The summed E-state index contributed by atoms with van der Waals surface area (Å²) in [5, 5.41) is 10.5. The highest BCUT2D eigenvalue weighted by atomic mass is 16.5. The number of ketones is 1. The van der Waals surface area contributed by atoms with Gasteiger partial charge in [0.05, 0.1) is 23.6 Å². The smallest absolute Gasteiger partial charge is 0.343 e. The summed E-state index contributed by atoms with van der Waals surface area (Å²) in [6, 6.07) is 0. The third kappa shape index (κ3) is 2.85. The van der Waals surface area contributed by atoms with E-state index in [1.165, 1.54) is 0 Å². The molecule has 2 rings (SSSR count). The van der Waals surface area contributed by atoms with Crippen LogP contribution >= 0.6 is 0 Å². The van der Waals surface area contributed by atoms with Gasteiger partial charge in [0.15, 0.2) is 5.78 Å². The van der Waals surface area contributed by atoms with Crippen molar-refractivity contribution in [3.63, 3.8) is 0 Å². The topological polar surface area (TPSA) is 76.5 Å². The summed E-state index contributed by atoms with van der Waals surface area (Å²) < 4.78 is 5.02. The fraction of sp³-hybridized carbons (Fsp3) is 0.588. The lowest BCUT2D eigenvalue weighted by molar-refractivity contribution is 0.0520. The molecule has 0 radical (unpaired) electrons. The molecule has 1 heterocycles. The van der Waals surface area contributed by atoms with Crippen molar-refractivity contribution >= 4 is 11.8 Å². The van der Waals surface area contributed by atoms with Gasteiger partial charge in [0, 0.05) is 6.42 Å². The van der Waals surface area contributed by atoms with Crippen LogP contribution in [-0.4, -0.2) is 28.4 Å². The maximum Gasteiger partial charge on any atom is 0.343 e. The van der Waals surface area contributed by atoms with Gasteiger partial charge in [-0.15, -0.1) is 0 Å². The predicted molar refractivity (Wildman–Crippen MR) is 82.4 cm³/mol. The molecule has 1 N–H and O–H groups in total. The van der Waals surface area contributed by atoms with Gasteiger partial charge < -0.3 is 9.84 Å². The van der Waals surface area contributed by atoms with E-state index < -0.39 is 5.97 Å². The minimum atomic E-state index is -0.628. The van der Waals surface area contributed by atoms with Crippen molar-refractivity contribution < 1.29 is 19.4 Å². The highest BCUT2D eigenvalue weighted by molar-refractivity contribution is 6.05. The van der Waals surface area contributed by atoms with Gasteiger partial charge in [-0.05, 0) is 24.7 Å².